The maximum Gasteiger partial charge on any atom is 0.148 e. The van der Waals surface area contributed by atoms with Gasteiger partial charge in [0.25, 0.3) is 0 Å². The highest BCUT2D eigenvalue weighted by Crippen LogP contribution is 2.26. The summed E-state index contributed by atoms with van der Waals surface area (Å²) in [4.78, 5) is 10.8. The van der Waals surface area contributed by atoms with Crippen LogP contribution in [0.15, 0.2) is 47.5 Å². The van der Waals surface area contributed by atoms with Crippen LogP contribution in [0.3, 0.4) is 0 Å². The predicted octanol–water partition coefficient (Wildman–Crippen LogP) is 4.92. The molecule has 4 nitrogen and oxygen atoms in total. The van der Waals surface area contributed by atoms with Crippen LogP contribution in [0.2, 0.25) is 5.15 Å². The average Bonchev–Trinajstić information content (AvgIpc) is 2.68. The van der Waals surface area contributed by atoms with Crippen molar-refractivity contribution >= 4 is 40.1 Å². The van der Waals surface area contributed by atoms with E-state index in [9.17, 15) is 4.39 Å². The van der Waals surface area contributed by atoms with Crippen molar-refractivity contribution in [1.82, 2.24) is 4.98 Å². The first-order chi connectivity index (χ1) is 13.1. The molecule has 1 aliphatic heterocycles. The third-order valence-electron chi connectivity index (χ3n) is 4.66. The van der Waals surface area contributed by atoms with Crippen LogP contribution in [-0.4, -0.2) is 37.5 Å². The lowest BCUT2D eigenvalue weighted by molar-refractivity contribution is 0.122. The summed E-state index contributed by atoms with van der Waals surface area (Å²) >= 11 is 6.30. The fourth-order valence-electron chi connectivity index (χ4n) is 3.21. The number of fused-ring (bicyclic) bond motifs is 1. The molecule has 4 rings (SSSR count). The lowest BCUT2D eigenvalue weighted by Crippen LogP contribution is -2.36. The summed E-state index contributed by atoms with van der Waals surface area (Å²) in [7, 11) is 0. The molecule has 0 spiro atoms. The SMILES string of the molecule is Cc1cccc2cc(C=Nc3ccc(N4CCOCC4)c(F)c3)c(Cl)nc12. The molecule has 0 unspecified atom stereocenters. The van der Waals surface area contributed by atoms with Crippen molar-refractivity contribution in [2.45, 2.75) is 6.92 Å². The monoisotopic (exact) mass is 383 g/mol. The Balaban J connectivity index is 1.60. The molecule has 0 radical (unpaired) electrons. The summed E-state index contributed by atoms with van der Waals surface area (Å²) in [5, 5.41) is 1.38. The van der Waals surface area contributed by atoms with Gasteiger partial charge < -0.3 is 9.64 Å². The number of rotatable bonds is 3. The zero-order valence-electron chi connectivity index (χ0n) is 15.0. The van der Waals surface area contributed by atoms with E-state index < -0.39 is 0 Å². The molecule has 0 amide bonds. The molecule has 0 atom stereocenters. The van der Waals surface area contributed by atoms with E-state index >= 15 is 0 Å². The lowest BCUT2D eigenvalue weighted by atomic mass is 10.1. The minimum absolute atomic E-state index is 0.287. The van der Waals surface area contributed by atoms with E-state index in [4.69, 9.17) is 16.3 Å². The van der Waals surface area contributed by atoms with Gasteiger partial charge in [-0.15, -0.1) is 0 Å². The third kappa shape index (κ3) is 3.80. The first-order valence-corrected chi connectivity index (χ1v) is 9.22. The van der Waals surface area contributed by atoms with Gasteiger partial charge in [-0.3, -0.25) is 4.99 Å². The van der Waals surface area contributed by atoms with Crippen molar-refractivity contribution in [3.63, 3.8) is 0 Å². The zero-order valence-corrected chi connectivity index (χ0v) is 15.7. The molecule has 2 aromatic carbocycles. The Hall–Kier alpha value is -2.50. The van der Waals surface area contributed by atoms with Crippen molar-refractivity contribution in [1.29, 1.82) is 0 Å². The fraction of sp³-hybridized carbons (Fsp3) is 0.238. The smallest absolute Gasteiger partial charge is 0.148 e. The number of halogens is 2. The average molecular weight is 384 g/mol. The van der Waals surface area contributed by atoms with Gasteiger partial charge in [0.05, 0.1) is 30.1 Å². The number of morpholine rings is 1. The summed E-state index contributed by atoms with van der Waals surface area (Å²) in [5.41, 5.74) is 3.76. The van der Waals surface area contributed by atoms with Crippen LogP contribution in [-0.2, 0) is 4.74 Å². The Labute approximate surface area is 162 Å². The van der Waals surface area contributed by atoms with E-state index in [1.54, 1.807) is 18.3 Å². The van der Waals surface area contributed by atoms with Gasteiger partial charge in [-0.25, -0.2) is 9.37 Å². The Bertz CT molecular complexity index is 1020. The number of aliphatic imine (C=N–C) groups is 1. The molecular formula is C21H19ClFN3O. The van der Waals surface area contributed by atoms with Crippen LogP contribution in [0.4, 0.5) is 15.8 Å². The summed E-state index contributed by atoms with van der Waals surface area (Å²) in [6, 6.07) is 12.9. The minimum atomic E-state index is -0.287. The second kappa shape index (κ2) is 7.62. The first kappa shape index (κ1) is 17.9. The molecule has 2 heterocycles. The Kier molecular flexibility index (Phi) is 5.05. The highest BCUT2D eigenvalue weighted by Gasteiger charge is 2.15. The minimum Gasteiger partial charge on any atom is -0.378 e. The van der Waals surface area contributed by atoms with Crippen LogP contribution >= 0.6 is 11.6 Å². The second-order valence-electron chi connectivity index (χ2n) is 6.51. The molecule has 27 heavy (non-hydrogen) atoms. The number of ether oxygens (including phenoxy) is 1. The topological polar surface area (TPSA) is 37.7 Å². The molecule has 0 bridgehead atoms. The maximum absolute atomic E-state index is 14.5. The number of para-hydroxylation sites is 1. The van der Waals surface area contributed by atoms with Gasteiger partial charge >= 0.3 is 0 Å². The second-order valence-corrected chi connectivity index (χ2v) is 6.87. The van der Waals surface area contributed by atoms with Crippen LogP contribution in [0, 0.1) is 12.7 Å². The van der Waals surface area contributed by atoms with E-state index in [0.29, 0.717) is 48.4 Å². The normalized spacial score (nSPS) is 15.0. The van der Waals surface area contributed by atoms with Crippen molar-refractivity contribution in [3.8, 4) is 0 Å². The standard InChI is InChI=1S/C21H19ClFN3O/c1-14-3-2-4-15-11-16(21(22)25-20(14)15)13-24-17-5-6-19(18(23)12-17)26-7-9-27-10-8-26/h2-6,11-13H,7-10H2,1H3. The lowest BCUT2D eigenvalue weighted by Gasteiger charge is -2.29. The summed E-state index contributed by atoms with van der Waals surface area (Å²) < 4.78 is 19.8. The molecule has 0 N–H and O–H groups in total. The van der Waals surface area contributed by atoms with E-state index in [2.05, 4.69) is 9.98 Å². The summed E-state index contributed by atoms with van der Waals surface area (Å²) in [6.45, 7) is 4.62. The number of hydrogen-bond donors (Lipinski definition) is 0. The highest BCUT2D eigenvalue weighted by atomic mass is 35.5. The molecule has 1 aromatic heterocycles. The number of anilines is 1. The highest BCUT2D eigenvalue weighted by molar-refractivity contribution is 6.32. The van der Waals surface area contributed by atoms with Crippen LogP contribution < -0.4 is 4.90 Å². The van der Waals surface area contributed by atoms with Crippen LogP contribution in [0.1, 0.15) is 11.1 Å². The Morgan fingerprint density at radius 1 is 1.19 bits per heavy atom. The summed E-state index contributed by atoms with van der Waals surface area (Å²) in [6.07, 6.45) is 1.63. The van der Waals surface area contributed by atoms with Gasteiger partial charge in [0.15, 0.2) is 0 Å². The molecule has 3 aromatic rings. The molecule has 1 saturated heterocycles. The molecule has 0 saturated carbocycles. The zero-order chi connectivity index (χ0) is 18.8. The van der Waals surface area contributed by atoms with Gasteiger partial charge in [-0.2, -0.15) is 0 Å². The van der Waals surface area contributed by atoms with E-state index in [0.717, 1.165) is 16.5 Å². The number of aromatic nitrogens is 1. The van der Waals surface area contributed by atoms with E-state index in [1.165, 1.54) is 6.07 Å². The molecule has 1 aliphatic rings. The number of benzene rings is 2. The number of nitrogens with zero attached hydrogens (tertiary/aromatic N) is 3. The molecule has 138 valence electrons. The van der Waals surface area contributed by atoms with E-state index in [-0.39, 0.29) is 5.82 Å². The van der Waals surface area contributed by atoms with Gasteiger partial charge in [-0.1, -0.05) is 29.8 Å². The predicted molar refractivity (Wildman–Crippen MR) is 108 cm³/mol. The number of aryl methyl sites for hydroxylation is 1. The Morgan fingerprint density at radius 3 is 2.78 bits per heavy atom. The van der Waals surface area contributed by atoms with Crippen molar-refractivity contribution in [2.24, 2.45) is 4.99 Å². The quantitative estimate of drug-likeness (QED) is 0.475. The fourth-order valence-corrected chi connectivity index (χ4v) is 3.40. The summed E-state index contributed by atoms with van der Waals surface area (Å²) in [5.74, 6) is -0.287. The largest absolute Gasteiger partial charge is 0.378 e. The van der Waals surface area contributed by atoms with Crippen LogP contribution in [0.5, 0.6) is 0 Å². The van der Waals surface area contributed by atoms with Crippen LogP contribution in [0.25, 0.3) is 10.9 Å². The van der Waals surface area contributed by atoms with Gasteiger partial charge in [0.2, 0.25) is 0 Å². The van der Waals surface area contributed by atoms with Gasteiger partial charge in [0, 0.05) is 36.3 Å². The van der Waals surface area contributed by atoms with E-state index in [1.807, 2.05) is 36.1 Å². The maximum atomic E-state index is 14.5. The van der Waals surface area contributed by atoms with Crippen molar-refractivity contribution in [2.75, 3.05) is 31.2 Å². The number of pyridine rings is 1. The van der Waals surface area contributed by atoms with Crippen molar-refractivity contribution < 1.29 is 9.13 Å². The van der Waals surface area contributed by atoms with Gasteiger partial charge in [0.1, 0.15) is 11.0 Å². The van der Waals surface area contributed by atoms with Crippen molar-refractivity contribution in [3.05, 3.63) is 64.6 Å². The third-order valence-corrected chi connectivity index (χ3v) is 4.97. The van der Waals surface area contributed by atoms with Gasteiger partial charge in [-0.05, 0) is 30.7 Å². The first-order valence-electron chi connectivity index (χ1n) is 8.84. The Morgan fingerprint density at radius 2 is 2.00 bits per heavy atom. The number of hydrogen-bond acceptors (Lipinski definition) is 4. The molecule has 6 heteroatoms. The molecule has 1 fully saturated rings. The molecule has 0 aliphatic carbocycles. The molecular weight excluding hydrogens is 365 g/mol.